The normalized spacial score (nSPS) is 11.1. The number of carbonyl (C=O) groups excluding carboxylic acids is 1. The molecule has 0 saturated carbocycles. The van der Waals surface area contributed by atoms with Gasteiger partial charge in [0.2, 0.25) is 5.91 Å². The fourth-order valence-corrected chi connectivity index (χ4v) is 3.57. The third-order valence-electron chi connectivity index (χ3n) is 4.06. The molecule has 0 aromatic heterocycles. The number of nitrogens with zero attached hydrogens (tertiary/aromatic N) is 1. The molecule has 0 bridgehead atoms. The molecule has 0 aliphatic carbocycles. The van der Waals surface area contributed by atoms with E-state index in [1.165, 1.54) is 11.0 Å². The van der Waals surface area contributed by atoms with Crippen LogP contribution in [0.2, 0.25) is 0 Å². The lowest BCUT2D eigenvalue weighted by molar-refractivity contribution is -0.127. The summed E-state index contributed by atoms with van der Waals surface area (Å²) in [6.45, 7) is 2.64. The van der Waals surface area contributed by atoms with Crippen molar-refractivity contribution >= 4 is 21.6 Å². The lowest BCUT2D eigenvalue weighted by Gasteiger charge is -2.13. The minimum Gasteiger partial charge on any atom is -0.491 e. The van der Waals surface area contributed by atoms with Gasteiger partial charge in [-0.3, -0.25) is 9.52 Å². The van der Waals surface area contributed by atoms with Gasteiger partial charge in [0.15, 0.2) is 0 Å². The molecule has 0 radical (unpaired) electrons. The highest BCUT2D eigenvalue weighted by molar-refractivity contribution is 7.92. The Morgan fingerprint density at radius 2 is 1.75 bits per heavy atom. The van der Waals surface area contributed by atoms with Gasteiger partial charge in [0, 0.05) is 26.9 Å². The Hall–Kier alpha value is -2.58. The first-order valence-corrected chi connectivity index (χ1v) is 10.3. The van der Waals surface area contributed by atoms with E-state index in [0.29, 0.717) is 24.7 Å². The molecule has 0 atom stereocenters. The Labute approximate surface area is 166 Å². The summed E-state index contributed by atoms with van der Waals surface area (Å²) >= 11 is 0. The summed E-state index contributed by atoms with van der Waals surface area (Å²) in [5.74, 6) is 0.600. The molecule has 1 amide bonds. The topological polar surface area (TPSA) is 84.9 Å². The summed E-state index contributed by atoms with van der Waals surface area (Å²) in [4.78, 5) is 13.4. The summed E-state index contributed by atoms with van der Waals surface area (Å²) in [6.07, 6.45) is 0.268. The van der Waals surface area contributed by atoms with E-state index in [-0.39, 0.29) is 17.2 Å². The lowest BCUT2D eigenvalue weighted by Crippen LogP contribution is -2.23. The number of carbonyl (C=O) groups is 1. The molecule has 0 fully saturated rings. The average Bonchev–Trinajstić information content (AvgIpc) is 2.64. The zero-order valence-corrected chi connectivity index (χ0v) is 17.4. The number of hydrogen-bond donors (Lipinski definition) is 1. The smallest absolute Gasteiger partial charge is 0.261 e. The Morgan fingerprint density at radius 1 is 1.07 bits per heavy atom. The van der Waals surface area contributed by atoms with Gasteiger partial charge in [0.1, 0.15) is 12.4 Å². The van der Waals surface area contributed by atoms with Crippen LogP contribution in [0.1, 0.15) is 11.1 Å². The summed E-state index contributed by atoms with van der Waals surface area (Å²) < 4.78 is 38.3. The fraction of sp³-hybridized carbons (Fsp3) is 0.350. The molecule has 2 rings (SSSR count). The third kappa shape index (κ3) is 5.97. The molecule has 0 spiro atoms. The van der Waals surface area contributed by atoms with Crippen LogP contribution in [0, 0.1) is 6.92 Å². The Morgan fingerprint density at radius 3 is 2.32 bits per heavy atom. The number of hydrogen-bond acceptors (Lipinski definition) is 5. The van der Waals surface area contributed by atoms with E-state index in [0.717, 1.165) is 11.1 Å². The molecule has 28 heavy (non-hydrogen) atoms. The minimum absolute atomic E-state index is 0.0170. The second-order valence-corrected chi connectivity index (χ2v) is 8.22. The van der Waals surface area contributed by atoms with Crippen LogP contribution in [0.4, 0.5) is 5.69 Å². The molecule has 8 heteroatoms. The summed E-state index contributed by atoms with van der Waals surface area (Å²) in [7, 11) is 1.25. The number of benzene rings is 2. The molecular weight excluding hydrogens is 380 g/mol. The van der Waals surface area contributed by atoms with E-state index in [4.69, 9.17) is 9.47 Å². The van der Waals surface area contributed by atoms with E-state index in [2.05, 4.69) is 4.72 Å². The van der Waals surface area contributed by atoms with Crippen molar-refractivity contribution in [1.29, 1.82) is 0 Å². The molecular formula is C20H26N2O5S. The molecule has 0 saturated heterocycles. The van der Waals surface area contributed by atoms with Gasteiger partial charge in [0.05, 0.1) is 17.9 Å². The highest BCUT2D eigenvalue weighted by atomic mass is 32.2. The van der Waals surface area contributed by atoms with Crippen LogP contribution in [0.5, 0.6) is 5.75 Å². The maximum absolute atomic E-state index is 12.6. The third-order valence-corrected chi connectivity index (χ3v) is 5.44. The molecule has 1 N–H and O–H groups in total. The lowest BCUT2D eigenvalue weighted by atomic mass is 10.1. The van der Waals surface area contributed by atoms with Crippen molar-refractivity contribution in [3.8, 4) is 5.75 Å². The first kappa shape index (κ1) is 21.7. The number of sulfonamides is 1. The first-order chi connectivity index (χ1) is 13.2. The zero-order chi connectivity index (χ0) is 20.7. The standard InChI is InChI=1S/C20H26N2O5S/c1-15-13-18(9-10-19(15)27-12-11-26-4)28(24,25)21-17-7-5-16(6-8-17)14-20(23)22(2)3/h5-10,13,21H,11-12,14H2,1-4H3. The van der Waals surface area contributed by atoms with Gasteiger partial charge in [-0.25, -0.2) is 8.42 Å². The van der Waals surface area contributed by atoms with E-state index in [1.807, 2.05) is 0 Å². The van der Waals surface area contributed by atoms with Crippen LogP contribution >= 0.6 is 0 Å². The molecule has 0 heterocycles. The van der Waals surface area contributed by atoms with Crippen molar-refractivity contribution in [1.82, 2.24) is 4.90 Å². The van der Waals surface area contributed by atoms with Gasteiger partial charge in [0.25, 0.3) is 10.0 Å². The van der Waals surface area contributed by atoms with Gasteiger partial charge in [-0.05, 0) is 48.4 Å². The summed E-state index contributed by atoms with van der Waals surface area (Å²) in [5, 5.41) is 0. The largest absolute Gasteiger partial charge is 0.491 e. The van der Waals surface area contributed by atoms with Crippen molar-refractivity contribution in [3.63, 3.8) is 0 Å². The van der Waals surface area contributed by atoms with E-state index in [1.54, 1.807) is 64.5 Å². The highest BCUT2D eigenvalue weighted by Gasteiger charge is 2.16. The fourth-order valence-electron chi connectivity index (χ4n) is 2.42. The first-order valence-electron chi connectivity index (χ1n) is 8.77. The summed E-state index contributed by atoms with van der Waals surface area (Å²) in [5.41, 5.74) is 1.96. The summed E-state index contributed by atoms with van der Waals surface area (Å²) in [6, 6.07) is 11.5. The van der Waals surface area contributed by atoms with Crippen molar-refractivity contribution < 1.29 is 22.7 Å². The number of aryl methyl sites for hydroxylation is 1. The van der Waals surface area contributed by atoms with Gasteiger partial charge in [-0.15, -0.1) is 0 Å². The number of rotatable bonds is 9. The average molecular weight is 407 g/mol. The van der Waals surface area contributed by atoms with Gasteiger partial charge >= 0.3 is 0 Å². The Kier molecular flexibility index (Phi) is 7.42. The van der Waals surface area contributed by atoms with Crippen molar-refractivity contribution in [2.75, 3.05) is 39.1 Å². The van der Waals surface area contributed by atoms with Crippen molar-refractivity contribution in [3.05, 3.63) is 53.6 Å². The van der Waals surface area contributed by atoms with Crippen LogP contribution in [0.3, 0.4) is 0 Å². The molecule has 2 aromatic carbocycles. The molecule has 2 aromatic rings. The second kappa shape index (κ2) is 9.57. The van der Waals surface area contributed by atoms with E-state index in [9.17, 15) is 13.2 Å². The molecule has 152 valence electrons. The van der Waals surface area contributed by atoms with Crippen LogP contribution < -0.4 is 9.46 Å². The zero-order valence-electron chi connectivity index (χ0n) is 16.6. The second-order valence-electron chi connectivity index (χ2n) is 6.54. The van der Waals surface area contributed by atoms with Crippen LogP contribution in [-0.2, 0) is 26.0 Å². The number of methoxy groups -OCH3 is 1. The van der Waals surface area contributed by atoms with Crippen LogP contribution in [0.15, 0.2) is 47.4 Å². The monoisotopic (exact) mass is 406 g/mol. The Bertz CT molecular complexity index is 909. The quantitative estimate of drug-likeness (QED) is 0.647. The van der Waals surface area contributed by atoms with Crippen LogP contribution in [0.25, 0.3) is 0 Å². The van der Waals surface area contributed by atoms with Crippen LogP contribution in [-0.4, -0.2) is 53.6 Å². The van der Waals surface area contributed by atoms with E-state index >= 15 is 0 Å². The maximum atomic E-state index is 12.6. The predicted octanol–water partition coefficient (Wildman–Crippen LogP) is 2.45. The van der Waals surface area contributed by atoms with Gasteiger partial charge in [-0.1, -0.05) is 12.1 Å². The number of anilines is 1. The minimum atomic E-state index is -3.73. The van der Waals surface area contributed by atoms with Gasteiger partial charge in [-0.2, -0.15) is 0 Å². The van der Waals surface area contributed by atoms with Gasteiger partial charge < -0.3 is 14.4 Å². The number of amides is 1. The molecule has 0 aliphatic heterocycles. The Balaban J connectivity index is 2.08. The number of likely N-dealkylation sites (N-methyl/N-ethyl adjacent to an activating group) is 1. The highest BCUT2D eigenvalue weighted by Crippen LogP contribution is 2.23. The van der Waals surface area contributed by atoms with Crippen molar-refractivity contribution in [2.24, 2.45) is 0 Å². The molecule has 7 nitrogen and oxygen atoms in total. The molecule has 0 aliphatic rings. The SMILES string of the molecule is COCCOc1ccc(S(=O)(=O)Nc2ccc(CC(=O)N(C)C)cc2)cc1C. The van der Waals surface area contributed by atoms with Crippen molar-refractivity contribution in [2.45, 2.75) is 18.2 Å². The number of ether oxygens (including phenoxy) is 2. The van der Waals surface area contributed by atoms with E-state index < -0.39 is 10.0 Å². The predicted molar refractivity (Wildman–Crippen MR) is 108 cm³/mol. The molecule has 0 unspecified atom stereocenters. The maximum Gasteiger partial charge on any atom is 0.261 e. The number of nitrogens with one attached hydrogen (secondary N) is 1.